The van der Waals surface area contributed by atoms with Crippen LogP contribution in [0, 0.1) is 12.8 Å². The van der Waals surface area contributed by atoms with Gasteiger partial charge in [0.2, 0.25) is 0 Å². The molecular formula is C11H19N3. The van der Waals surface area contributed by atoms with Gasteiger partial charge in [-0.05, 0) is 38.7 Å². The van der Waals surface area contributed by atoms with Crippen LogP contribution in [0.1, 0.15) is 25.5 Å². The zero-order chi connectivity index (χ0) is 9.97. The fraction of sp³-hybridized carbons (Fsp3) is 0.727. The Labute approximate surface area is 85.5 Å². The van der Waals surface area contributed by atoms with Crippen LogP contribution in [0.4, 0.5) is 0 Å². The van der Waals surface area contributed by atoms with Gasteiger partial charge in [-0.2, -0.15) is 5.10 Å². The van der Waals surface area contributed by atoms with Crippen molar-refractivity contribution in [3.8, 4) is 0 Å². The maximum Gasteiger partial charge on any atom is 0.0593 e. The van der Waals surface area contributed by atoms with Crippen molar-refractivity contribution in [2.24, 2.45) is 5.92 Å². The molecule has 1 aromatic heterocycles. The first-order valence-corrected chi connectivity index (χ1v) is 5.49. The van der Waals surface area contributed by atoms with E-state index < -0.39 is 0 Å². The Hall–Kier alpha value is -0.830. The molecule has 0 aliphatic heterocycles. The normalized spacial score (nSPS) is 18.4. The molecule has 1 atom stereocenters. The summed E-state index contributed by atoms with van der Waals surface area (Å²) < 4.78 is 2.00. The van der Waals surface area contributed by atoms with Crippen LogP contribution in [0.15, 0.2) is 12.3 Å². The summed E-state index contributed by atoms with van der Waals surface area (Å²) in [5, 5.41) is 7.89. The number of nitrogens with one attached hydrogen (secondary N) is 1. The van der Waals surface area contributed by atoms with Crippen LogP contribution in [-0.2, 0) is 6.54 Å². The fourth-order valence-electron chi connectivity index (χ4n) is 1.76. The largest absolute Gasteiger partial charge is 0.312 e. The lowest BCUT2D eigenvalue weighted by Crippen LogP contribution is -2.31. The first-order valence-electron chi connectivity index (χ1n) is 5.49. The maximum absolute atomic E-state index is 4.34. The van der Waals surface area contributed by atoms with E-state index in [2.05, 4.69) is 17.3 Å². The first-order chi connectivity index (χ1) is 6.75. The van der Waals surface area contributed by atoms with E-state index in [9.17, 15) is 0 Å². The lowest BCUT2D eigenvalue weighted by atomic mass is 10.2. The van der Waals surface area contributed by atoms with Gasteiger partial charge >= 0.3 is 0 Å². The summed E-state index contributed by atoms with van der Waals surface area (Å²) in [5.74, 6) is 0.939. The van der Waals surface area contributed by atoms with Crippen molar-refractivity contribution < 1.29 is 0 Å². The van der Waals surface area contributed by atoms with Gasteiger partial charge < -0.3 is 5.32 Å². The summed E-state index contributed by atoms with van der Waals surface area (Å²) in [4.78, 5) is 0. The lowest BCUT2D eigenvalue weighted by molar-refractivity contribution is 0.462. The van der Waals surface area contributed by atoms with E-state index in [1.807, 2.05) is 23.9 Å². The molecule has 1 N–H and O–H groups in total. The number of nitrogens with zero attached hydrogens (tertiary/aromatic N) is 2. The molecule has 0 radical (unpaired) electrons. The molecular weight excluding hydrogens is 174 g/mol. The fourth-order valence-corrected chi connectivity index (χ4v) is 1.76. The number of hydrogen-bond acceptors (Lipinski definition) is 2. The Bertz CT molecular complexity index is 288. The number of hydrogen-bond donors (Lipinski definition) is 1. The number of aromatic nitrogens is 2. The van der Waals surface area contributed by atoms with Gasteiger partial charge in [0.05, 0.1) is 12.2 Å². The van der Waals surface area contributed by atoms with Crippen molar-refractivity contribution in [3.05, 3.63) is 18.0 Å². The monoisotopic (exact) mass is 193 g/mol. The molecule has 0 bridgehead atoms. The molecule has 1 saturated carbocycles. The van der Waals surface area contributed by atoms with Gasteiger partial charge in [-0.1, -0.05) is 0 Å². The third kappa shape index (κ3) is 2.58. The molecule has 0 spiro atoms. The maximum atomic E-state index is 4.34. The number of aryl methyl sites for hydroxylation is 1. The summed E-state index contributed by atoms with van der Waals surface area (Å²) in [7, 11) is 0. The van der Waals surface area contributed by atoms with Crippen LogP contribution < -0.4 is 5.32 Å². The van der Waals surface area contributed by atoms with E-state index in [-0.39, 0.29) is 0 Å². The minimum atomic E-state index is 0.687. The summed E-state index contributed by atoms with van der Waals surface area (Å²) in [6, 6.07) is 2.73. The van der Waals surface area contributed by atoms with E-state index in [0.29, 0.717) is 6.04 Å². The SMILES string of the molecule is Cc1ccn(CCNC(C)C2CC2)n1. The highest BCUT2D eigenvalue weighted by atomic mass is 15.3. The van der Waals surface area contributed by atoms with Crippen LogP contribution in [0.3, 0.4) is 0 Å². The minimum absolute atomic E-state index is 0.687. The van der Waals surface area contributed by atoms with E-state index in [4.69, 9.17) is 0 Å². The van der Waals surface area contributed by atoms with Gasteiger partial charge in [0.25, 0.3) is 0 Å². The Kier molecular flexibility index (Phi) is 2.87. The molecule has 14 heavy (non-hydrogen) atoms. The van der Waals surface area contributed by atoms with Crippen molar-refractivity contribution in [1.29, 1.82) is 0 Å². The zero-order valence-corrected chi connectivity index (χ0v) is 9.03. The molecule has 0 saturated heterocycles. The predicted molar refractivity (Wildman–Crippen MR) is 57.2 cm³/mol. The Morgan fingerprint density at radius 2 is 2.43 bits per heavy atom. The molecule has 1 heterocycles. The first kappa shape index (κ1) is 9.71. The van der Waals surface area contributed by atoms with Crippen molar-refractivity contribution in [2.45, 2.75) is 39.3 Å². The van der Waals surface area contributed by atoms with Crippen LogP contribution in [-0.4, -0.2) is 22.4 Å². The third-order valence-electron chi connectivity index (χ3n) is 2.91. The van der Waals surface area contributed by atoms with E-state index in [1.54, 1.807) is 0 Å². The molecule has 1 fully saturated rings. The number of rotatable bonds is 5. The second-order valence-corrected chi connectivity index (χ2v) is 4.30. The smallest absolute Gasteiger partial charge is 0.0593 e. The third-order valence-corrected chi connectivity index (χ3v) is 2.91. The molecule has 0 amide bonds. The highest BCUT2D eigenvalue weighted by Crippen LogP contribution is 2.32. The van der Waals surface area contributed by atoms with Gasteiger partial charge in [-0.3, -0.25) is 4.68 Å². The topological polar surface area (TPSA) is 29.9 Å². The average molecular weight is 193 g/mol. The summed E-state index contributed by atoms with van der Waals surface area (Å²) in [6.07, 6.45) is 4.86. The Morgan fingerprint density at radius 3 is 3.00 bits per heavy atom. The summed E-state index contributed by atoms with van der Waals surface area (Å²) >= 11 is 0. The van der Waals surface area contributed by atoms with E-state index >= 15 is 0 Å². The van der Waals surface area contributed by atoms with Crippen LogP contribution >= 0.6 is 0 Å². The van der Waals surface area contributed by atoms with Gasteiger partial charge in [0.15, 0.2) is 0 Å². The molecule has 2 rings (SSSR count). The molecule has 3 nitrogen and oxygen atoms in total. The van der Waals surface area contributed by atoms with Crippen molar-refractivity contribution in [1.82, 2.24) is 15.1 Å². The van der Waals surface area contributed by atoms with Gasteiger partial charge in [-0.25, -0.2) is 0 Å². The average Bonchev–Trinajstić information content (AvgIpc) is 2.92. The molecule has 1 aliphatic carbocycles. The lowest BCUT2D eigenvalue weighted by Gasteiger charge is -2.12. The molecule has 78 valence electrons. The van der Waals surface area contributed by atoms with E-state index in [0.717, 1.165) is 24.7 Å². The van der Waals surface area contributed by atoms with Gasteiger partial charge in [0.1, 0.15) is 0 Å². The van der Waals surface area contributed by atoms with Gasteiger partial charge in [-0.15, -0.1) is 0 Å². The molecule has 3 heteroatoms. The molecule has 1 aliphatic rings. The van der Waals surface area contributed by atoms with Crippen LogP contribution in [0.2, 0.25) is 0 Å². The second-order valence-electron chi connectivity index (χ2n) is 4.30. The van der Waals surface area contributed by atoms with Crippen molar-refractivity contribution in [3.63, 3.8) is 0 Å². The van der Waals surface area contributed by atoms with Crippen molar-refractivity contribution in [2.75, 3.05) is 6.54 Å². The summed E-state index contributed by atoms with van der Waals surface area (Å²) in [6.45, 7) is 6.31. The molecule has 0 aromatic carbocycles. The minimum Gasteiger partial charge on any atom is -0.312 e. The Morgan fingerprint density at radius 1 is 1.64 bits per heavy atom. The van der Waals surface area contributed by atoms with Crippen LogP contribution in [0.25, 0.3) is 0 Å². The standard InChI is InChI=1S/C11H19N3/c1-9-5-7-14(13-9)8-6-12-10(2)11-3-4-11/h5,7,10-12H,3-4,6,8H2,1-2H3. The second kappa shape index (κ2) is 4.13. The molecule has 1 unspecified atom stereocenters. The van der Waals surface area contributed by atoms with Crippen LogP contribution in [0.5, 0.6) is 0 Å². The Balaban J connectivity index is 1.67. The van der Waals surface area contributed by atoms with Crippen molar-refractivity contribution >= 4 is 0 Å². The highest BCUT2D eigenvalue weighted by Gasteiger charge is 2.27. The predicted octanol–water partition coefficient (Wildman–Crippen LogP) is 1.58. The quantitative estimate of drug-likeness (QED) is 0.769. The van der Waals surface area contributed by atoms with Gasteiger partial charge in [0, 0.05) is 18.8 Å². The summed E-state index contributed by atoms with van der Waals surface area (Å²) in [5.41, 5.74) is 1.10. The van der Waals surface area contributed by atoms with E-state index in [1.165, 1.54) is 12.8 Å². The molecule has 1 aromatic rings. The highest BCUT2D eigenvalue weighted by molar-refractivity contribution is 4.94. The zero-order valence-electron chi connectivity index (χ0n) is 9.03.